The predicted molar refractivity (Wildman–Crippen MR) is 51.6 cm³/mol. The van der Waals surface area contributed by atoms with Gasteiger partial charge in [-0.2, -0.15) is 0 Å². The third kappa shape index (κ3) is 5.99. The van der Waals surface area contributed by atoms with Gasteiger partial charge in [0.05, 0.1) is 25.9 Å². The van der Waals surface area contributed by atoms with Crippen LogP contribution in [-0.2, 0) is 9.47 Å². The highest BCUT2D eigenvalue weighted by atomic mass is 16.5. The van der Waals surface area contributed by atoms with Gasteiger partial charge in [0.2, 0.25) is 0 Å². The van der Waals surface area contributed by atoms with Crippen LogP contribution >= 0.6 is 0 Å². The van der Waals surface area contributed by atoms with Crippen molar-refractivity contribution in [2.45, 2.75) is 32.4 Å². The molecule has 2 atom stereocenters. The van der Waals surface area contributed by atoms with Crippen LogP contribution in [0.4, 0.5) is 0 Å². The van der Waals surface area contributed by atoms with E-state index in [1.807, 2.05) is 13.8 Å². The Balaban J connectivity index is 3.47. The second-order valence-electron chi connectivity index (χ2n) is 2.86. The smallest absolute Gasteiger partial charge is 0.0957 e. The van der Waals surface area contributed by atoms with Gasteiger partial charge in [-0.15, -0.1) is 0 Å². The lowest BCUT2D eigenvalue weighted by Crippen LogP contribution is -2.39. The normalized spacial score (nSPS) is 15.7. The molecular formula is C9H21NO3. The standard InChI is InChI=1S/C9H21NO3/c1-3-8(10)9(7-11)13-6-5-12-4-2/h8-9,11H,3-7,10H2,1-2H3. The van der Waals surface area contributed by atoms with Gasteiger partial charge in [-0.25, -0.2) is 0 Å². The Morgan fingerprint density at radius 2 is 2.00 bits per heavy atom. The summed E-state index contributed by atoms with van der Waals surface area (Å²) in [7, 11) is 0. The van der Waals surface area contributed by atoms with E-state index in [4.69, 9.17) is 20.3 Å². The second-order valence-corrected chi connectivity index (χ2v) is 2.86. The number of aliphatic hydroxyl groups is 1. The number of aliphatic hydroxyl groups excluding tert-OH is 1. The fourth-order valence-corrected chi connectivity index (χ4v) is 0.977. The van der Waals surface area contributed by atoms with Crippen molar-refractivity contribution in [3.63, 3.8) is 0 Å². The fraction of sp³-hybridized carbons (Fsp3) is 1.00. The first kappa shape index (κ1) is 12.8. The molecule has 0 aromatic rings. The molecule has 0 heterocycles. The van der Waals surface area contributed by atoms with Crippen LogP contribution < -0.4 is 5.73 Å². The van der Waals surface area contributed by atoms with Gasteiger partial charge >= 0.3 is 0 Å². The molecule has 0 aliphatic carbocycles. The minimum absolute atomic E-state index is 0.0267. The van der Waals surface area contributed by atoms with Crippen molar-refractivity contribution < 1.29 is 14.6 Å². The van der Waals surface area contributed by atoms with E-state index in [1.54, 1.807) is 0 Å². The topological polar surface area (TPSA) is 64.7 Å². The summed E-state index contributed by atoms with van der Waals surface area (Å²) in [6.45, 7) is 5.62. The number of hydrogen-bond donors (Lipinski definition) is 2. The summed E-state index contributed by atoms with van der Waals surface area (Å²) < 4.78 is 10.4. The number of ether oxygens (including phenoxy) is 2. The Morgan fingerprint density at radius 3 is 2.46 bits per heavy atom. The van der Waals surface area contributed by atoms with E-state index in [0.717, 1.165) is 6.42 Å². The molecule has 0 rings (SSSR count). The predicted octanol–water partition coefficient (Wildman–Crippen LogP) is 0.138. The van der Waals surface area contributed by atoms with Gasteiger partial charge in [0, 0.05) is 12.6 Å². The number of nitrogens with two attached hydrogens (primary N) is 1. The van der Waals surface area contributed by atoms with Gasteiger partial charge in [0.15, 0.2) is 0 Å². The van der Waals surface area contributed by atoms with Crippen molar-refractivity contribution in [3.05, 3.63) is 0 Å². The zero-order valence-corrected chi connectivity index (χ0v) is 8.53. The average molecular weight is 191 g/mol. The lowest BCUT2D eigenvalue weighted by molar-refractivity contribution is -0.0289. The molecule has 0 radical (unpaired) electrons. The molecule has 0 aliphatic rings. The van der Waals surface area contributed by atoms with Gasteiger partial charge in [-0.1, -0.05) is 6.92 Å². The quantitative estimate of drug-likeness (QED) is 0.536. The molecule has 4 nitrogen and oxygen atoms in total. The van der Waals surface area contributed by atoms with Crippen molar-refractivity contribution in [2.75, 3.05) is 26.4 Å². The van der Waals surface area contributed by atoms with Crippen LogP contribution in [0.15, 0.2) is 0 Å². The maximum atomic E-state index is 8.94. The number of rotatable bonds is 8. The molecule has 2 unspecified atom stereocenters. The molecule has 0 fully saturated rings. The summed E-state index contributed by atoms with van der Waals surface area (Å²) in [5, 5.41) is 8.94. The van der Waals surface area contributed by atoms with Crippen molar-refractivity contribution >= 4 is 0 Å². The maximum Gasteiger partial charge on any atom is 0.0957 e. The minimum Gasteiger partial charge on any atom is -0.394 e. The molecule has 3 N–H and O–H groups in total. The minimum atomic E-state index is -0.259. The number of hydrogen-bond acceptors (Lipinski definition) is 4. The Bertz CT molecular complexity index is 111. The highest BCUT2D eigenvalue weighted by molar-refractivity contribution is 4.70. The highest BCUT2D eigenvalue weighted by Gasteiger charge is 2.14. The first-order chi connectivity index (χ1) is 6.26. The zero-order valence-electron chi connectivity index (χ0n) is 8.53. The molecule has 4 heteroatoms. The van der Waals surface area contributed by atoms with E-state index in [-0.39, 0.29) is 18.8 Å². The van der Waals surface area contributed by atoms with Crippen LogP contribution in [0.2, 0.25) is 0 Å². The Hall–Kier alpha value is -0.160. The van der Waals surface area contributed by atoms with E-state index < -0.39 is 0 Å². The first-order valence-corrected chi connectivity index (χ1v) is 4.82. The van der Waals surface area contributed by atoms with Gasteiger partial charge in [0.1, 0.15) is 0 Å². The van der Waals surface area contributed by atoms with E-state index in [0.29, 0.717) is 19.8 Å². The van der Waals surface area contributed by atoms with E-state index in [9.17, 15) is 0 Å². The Labute approximate surface area is 80.0 Å². The van der Waals surface area contributed by atoms with Crippen LogP contribution in [-0.4, -0.2) is 43.7 Å². The maximum absolute atomic E-state index is 8.94. The lowest BCUT2D eigenvalue weighted by Gasteiger charge is -2.20. The average Bonchev–Trinajstić information content (AvgIpc) is 2.17. The molecule has 0 bridgehead atoms. The summed E-state index contributed by atoms with van der Waals surface area (Å²) in [6, 6.07) is -0.0911. The third-order valence-corrected chi connectivity index (χ3v) is 1.89. The van der Waals surface area contributed by atoms with E-state index in [2.05, 4.69) is 0 Å². The van der Waals surface area contributed by atoms with Crippen molar-refractivity contribution in [1.82, 2.24) is 0 Å². The van der Waals surface area contributed by atoms with Crippen LogP contribution in [0.1, 0.15) is 20.3 Å². The summed E-state index contributed by atoms with van der Waals surface area (Å²) in [4.78, 5) is 0. The molecule has 13 heavy (non-hydrogen) atoms. The highest BCUT2D eigenvalue weighted by Crippen LogP contribution is 2.00. The molecule has 0 saturated carbocycles. The molecule has 80 valence electrons. The molecule has 0 saturated heterocycles. The molecule has 0 amide bonds. The van der Waals surface area contributed by atoms with Crippen molar-refractivity contribution in [3.8, 4) is 0 Å². The van der Waals surface area contributed by atoms with Crippen LogP contribution in [0.25, 0.3) is 0 Å². The molecular weight excluding hydrogens is 170 g/mol. The van der Waals surface area contributed by atoms with Crippen molar-refractivity contribution in [1.29, 1.82) is 0 Å². The summed E-state index contributed by atoms with van der Waals surface area (Å²) in [6.07, 6.45) is 0.547. The zero-order chi connectivity index (χ0) is 10.1. The largest absolute Gasteiger partial charge is 0.394 e. The van der Waals surface area contributed by atoms with Crippen LogP contribution in [0.3, 0.4) is 0 Å². The summed E-state index contributed by atoms with van der Waals surface area (Å²) >= 11 is 0. The van der Waals surface area contributed by atoms with E-state index in [1.165, 1.54) is 0 Å². The summed E-state index contributed by atoms with van der Waals surface area (Å²) in [5.74, 6) is 0. The molecule has 0 spiro atoms. The Morgan fingerprint density at radius 1 is 1.31 bits per heavy atom. The van der Waals surface area contributed by atoms with Crippen LogP contribution in [0, 0.1) is 0 Å². The van der Waals surface area contributed by atoms with Crippen molar-refractivity contribution in [2.24, 2.45) is 5.73 Å². The monoisotopic (exact) mass is 191 g/mol. The lowest BCUT2D eigenvalue weighted by atomic mass is 10.1. The van der Waals surface area contributed by atoms with Gasteiger partial charge < -0.3 is 20.3 Å². The first-order valence-electron chi connectivity index (χ1n) is 4.82. The molecule has 0 aromatic heterocycles. The second kappa shape index (κ2) is 8.44. The molecule has 0 aliphatic heterocycles. The fourth-order valence-electron chi connectivity index (χ4n) is 0.977. The van der Waals surface area contributed by atoms with E-state index >= 15 is 0 Å². The van der Waals surface area contributed by atoms with Gasteiger partial charge in [-0.3, -0.25) is 0 Å². The summed E-state index contributed by atoms with van der Waals surface area (Å²) in [5.41, 5.74) is 5.72. The van der Waals surface area contributed by atoms with Crippen LogP contribution in [0.5, 0.6) is 0 Å². The Kier molecular flexibility index (Phi) is 8.33. The van der Waals surface area contributed by atoms with Gasteiger partial charge in [0.25, 0.3) is 0 Å². The third-order valence-electron chi connectivity index (χ3n) is 1.89. The molecule has 0 aromatic carbocycles. The SMILES string of the molecule is CCOCCOC(CO)C(N)CC. The van der Waals surface area contributed by atoms with Gasteiger partial charge in [-0.05, 0) is 13.3 Å².